The maximum atomic E-state index is 7.10. The van der Waals surface area contributed by atoms with Gasteiger partial charge < -0.3 is 47.1 Å². The van der Waals surface area contributed by atoms with Crippen LogP contribution in [0.2, 0.25) is 18.1 Å². The summed E-state index contributed by atoms with van der Waals surface area (Å²) in [5.41, 5.74) is 0.916. The quantitative estimate of drug-likeness (QED) is 0.305. The molecule has 0 saturated carbocycles. The summed E-state index contributed by atoms with van der Waals surface area (Å²) in [5.74, 6) is 1.76. The Morgan fingerprint density at radius 1 is 0.953 bits per heavy atom. The van der Waals surface area contributed by atoms with E-state index in [0.717, 1.165) is 5.56 Å². The average Bonchev–Trinajstić information content (AvgIpc) is 3.28. The van der Waals surface area contributed by atoms with E-state index in [1.54, 1.807) is 7.11 Å². The van der Waals surface area contributed by atoms with E-state index in [-0.39, 0.29) is 18.3 Å². The molecule has 4 aliphatic rings. The van der Waals surface area contributed by atoms with Crippen LogP contribution in [0.1, 0.15) is 53.4 Å². The fraction of sp³-hybridized carbons (Fsp3) is 0.750. The zero-order valence-corrected chi connectivity index (χ0v) is 27.8. The van der Waals surface area contributed by atoms with Gasteiger partial charge in [0.2, 0.25) is 0 Å². The van der Waals surface area contributed by atoms with Gasteiger partial charge in [-0.25, -0.2) is 0 Å². The van der Waals surface area contributed by atoms with E-state index in [4.69, 9.17) is 53.5 Å². The Morgan fingerprint density at radius 3 is 2.30 bits per heavy atom. The third-order valence-electron chi connectivity index (χ3n) is 9.04. The molecule has 240 valence electrons. The lowest BCUT2D eigenvalue weighted by Gasteiger charge is -2.53. The molecule has 0 amide bonds. The molecule has 4 aliphatic heterocycles. The zero-order valence-electron chi connectivity index (χ0n) is 26.8. The summed E-state index contributed by atoms with van der Waals surface area (Å²) in [6, 6.07) is 9.85. The summed E-state index contributed by atoms with van der Waals surface area (Å²) < 4.78 is 63.9. The molecule has 5 rings (SSSR count). The molecular formula is C32H48O10Si. The number of terminal acetylenes is 1. The summed E-state index contributed by atoms with van der Waals surface area (Å²) in [6.45, 7) is 17.0. The van der Waals surface area contributed by atoms with E-state index < -0.39 is 81.8 Å². The Morgan fingerprint density at radius 2 is 1.65 bits per heavy atom. The van der Waals surface area contributed by atoms with Crippen LogP contribution < -0.4 is 0 Å². The summed E-state index contributed by atoms with van der Waals surface area (Å²) >= 11 is 0. The van der Waals surface area contributed by atoms with Gasteiger partial charge in [0.25, 0.3) is 0 Å². The molecule has 4 fully saturated rings. The van der Waals surface area contributed by atoms with Gasteiger partial charge in [-0.3, -0.25) is 0 Å². The Bertz CT molecular complexity index is 1120. The van der Waals surface area contributed by atoms with Gasteiger partial charge in [-0.2, -0.15) is 0 Å². The van der Waals surface area contributed by atoms with Crippen molar-refractivity contribution in [3.63, 3.8) is 0 Å². The van der Waals surface area contributed by atoms with E-state index >= 15 is 0 Å². The number of benzene rings is 1. The van der Waals surface area contributed by atoms with Crippen molar-refractivity contribution in [1.29, 1.82) is 0 Å². The summed E-state index contributed by atoms with van der Waals surface area (Å²) in [6.07, 6.45) is -0.529. The zero-order chi connectivity index (χ0) is 31.2. The highest BCUT2D eigenvalue weighted by molar-refractivity contribution is 6.74. The van der Waals surface area contributed by atoms with Crippen LogP contribution in [0.4, 0.5) is 0 Å². The lowest BCUT2D eigenvalue weighted by Crippen LogP contribution is -2.67. The molecule has 0 bridgehead atoms. The number of fused-ring (bicyclic) bond motifs is 2. The van der Waals surface area contributed by atoms with Crippen LogP contribution in [0.5, 0.6) is 0 Å². The van der Waals surface area contributed by atoms with Crippen LogP contribution in [-0.4, -0.2) is 95.8 Å². The van der Waals surface area contributed by atoms with Gasteiger partial charge in [0.15, 0.2) is 33.0 Å². The molecule has 11 heteroatoms. The maximum absolute atomic E-state index is 7.10. The van der Waals surface area contributed by atoms with Gasteiger partial charge in [-0.05, 0) is 38.9 Å². The predicted octanol–water partition coefficient (Wildman–Crippen LogP) is 4.53. The molecule has 4 heterocycles. The highest BCUT2D eigenvalue weighted by Crippen LogP contribution is 2.44. The summed E-state index contributed by atoms with van der Waals surface area (Å²) in [4.78, 5) is 0. The molecule has 0 N–H and O–H groups in total. The number of methoxy groups -OCH3 is 1. The van der Waals surface area contributed by atoms with E-state index in [1.165, 1.54) is 0 Å². The first-order valence-electron chi connectivity index (χ1n) is 15.1. The predicted molar refractivity (Wildman–Crippen MR) is 159 cm³/mol. The minimum atomic E-state index is -2.35. The second-order valence-corrected chi connectivity index (χ2v) is 18.4. The maximum Gasteiger partial charge on any atom is 0.192 e. The molecule has 0 aromatic heterocycles. The second kappa shape index (κ2) is 12.8. The molecule has 0 radical (unpaired) electrons. The van der Waals surface area contributed by atoms with Crippen molar-refractivity contribution in [2.75, 3.05) is 20.3 Å². The van der Waals surface area contributed by atoms with E-state index in [1.807, 2.05) is 51.1 Å². The highest BCUT2D eigenvalue weighted by atomic mass is 28.4. The van der Waals surface area contributed by atoms with Gasteiger partial charge >= 0.3 is 0 Å². The van der Waals surface area contributed by atoms with Crippen LogP contribution in [0, 0.1) is 12.3 Å². The summed E-state index contributed by atoms with van der Waals surface area (Å²) in [5, 5.41) is -0.0768. The average molecular weight is 621 g/mol. The highest BCUT2D eigenvalue weighted by Gasteiger charge is 2.59. The minimum absolute atomic E-state index is 0.0441. The Labute approximate surface area is 257 Å². The van der Waals surface area contributed by atoms with Crippen LogP contribution >= 0.6 is 0 Å². The first-order valence-corrected chi connectivity index (χ1v) is 18.0. The molecule has 4 saturated heterocycles. The van der Waals surface area contributed by atoms with Gasteiger partial charge in [0.1, 0.15) is 49.3 Å². The monoisotopic (exact) mass is 620 g/mol. The molecule has 10 nitrogen and oxygen atoms in total. The van der Waals surface area contributed by atoms with Gasteiger partial charge in [0.05, 0.1) is 12.7 Å². The second-order valence-electron chi connectivity index (χ2n) is 13.7. The van der Waals surface area contributed by atoms with Crippen molar-refractivity contribution >= 4 is 8.32 Å². The minimum Gasteiger partial charge on any atom is -0.408 e. The van der Waals surface area contributed by atoms with Crippen LogP contribution in [0.25, 0.3) is 0 Å². The van der Waals surface area contributed by atoms with Crippen LogP contribution in [-0.2, 0) is 47.1 Å². The van der Waals surface area contributed by atoms with Crippen molar-refractivity contribution in [3.8, 4) is 12.3 Å². The van der Waals surface area contributed by atoms with Crippen LogP contribution in [0.3, 0.4) is 0 Å². The Hall–Kier alpha value is -1.40. The lowest BCUT2D eigenvalue weighted by atomic mass is 9.96. The third kappa shape index (κ3) is 6.90. The van der Waals surface area contributed by atoms with Crippen molar-refractivity contribution in [1.82, 2.24) is 0 Å². The van der Waals surface area contributed by atoms with Crippen molar-refractivity contribution in [2.45, 2.75) is 133 Å². The number of rotatable bonds is 8. The SMILES string of the molecule is C#CCO[C@@H]1[C@H](O[C@@H]2[C@H]3OC(C)(C)O[C@H]3[C@H](OC)O[C@H]2C)O[C@@H]2CO[C@@H](c3ccccc3)O[C@H]2[C@@H]1O[Si](C)(C)C(C)(C)C. The topological polar surface area (TPSA) is 92.3 Å². The number of ether oxygens (including phenoxy) is 9. The smallest absolute Gasteiger partial charge is 0.192 e. The fourth-order valence-electron chi connectivity index (χ4n) is 5.86. The van der Waals surface area contributed by atoms with Crippen LogP contribution in [0.15, 0.2) is 30.3 Å². The van der Waals surface area contributed by atoms with E-state index in [0.29, 0.717) is 0 Å². The first-order chi connectivity index (χ1) is 20.2. The number of hydrogen-bond donors (Lipinski definition) is 0. The van der Waals surface area contributed by atoms with Crippen molar-refractivity contribution < 1.29 is 47.1 Å². The fourth-order valence-corrected chi connectivity index (χ4v) is 7.16. The van der Waals surface area contributed by atoms with E-state index in [2.05, 4.69) is 39.8 Å². The Kier molecular flexibility index (Phi) is 9.79. The molecule has 0 unspecified atom stereocenters. The van der Waals surface area contributed by atoms with Gasteiger partial charge in [0, 0.05) is 12.7 Å². The normalized spacial score (nSPS) is 39.5. The summed E-state index contributed by atoms with van der Waals surface area (Å²) in [7, 11) is -0.760. The third-order valence-corrected chi connectivity index (χ3v) is 13.5. The largest absolute Gasteiger partial charge is 0.408 e. The molecule has 0 spiro atoms. The molecular weight excluding hydrogens is 572 g/mol. The molecule has 0 aliphatic carbocycles. The standard InChI is InChI=1S/C32H48O10Si/c1-11-17-34-26-25(42-43(9,10)31(3,4)5)23-21(18-35-28(39-23)20-15-13-12-14-16-20)37-30(26)38-22-19(2)36-29(33-8)27-24(22)40-32(6,7)41-27/h1,12-16,19,21-30H,17-18H2,2-10H3/t19-,21+,22-,23+,24+,25-,26-,27+,28+,29+,30-/m0/s1. The molecule has 1 aromatic carbocycles. The van der Waals surface area contributed by atoms with Gasteiger partial charge in [-0.1, -0.05) is 57.0 Å². The first kappa shape index (κ1) is 33.0. The van der Waals surface area contributed by atoms with E-state index in [9.17, 15) is 0 Å². The number of hydrogen-bond acceptors (Lipinski definition) is 10. The molecule has 43 heavy (non-hydrogen) atoms. The Balaban J connectivity index is 1.47. The van der Waals surface area contributed by atoms with Gasteiger partial charge in [-0.15, -0.1) is 6.42 Å². The lowest BCUT2D eigenvalue weighted by molar-refractivity contribution is -0.380. The molecule has 1 aromatic rings. The molecule has 11 atom stereocenters. The van der Waals surface area contributed by atoms with Crippen molar-refractivity contribution in [3.05, 3.63) is 35.9 Å². The van der Waals surface area contributed by atoms with Crippen molar-refractivity contribution in [2.24, 2.45) is 0 Å².